The van der Waals surface area contributed by atoms with Crippen LogP contribution in [0.5, 0.6) is 5.75 Å². The fourth-order valence-electron chi connectivity index (χ4n) is 3.71. The highest BCUT2D eigenvalue weighted by molar-refractivity contribution is 6.30. The third-order valence-corrected chi connectivity index (χ3v) is 5.66. The maximum absolute atomic E-state index is 6.36. The molecule has 0 aliphatic carbocycles. The van der Waals surface area contributed by atoms with Gasteiger partial charge in [-0.15, -0.1) is 0 Å². The summed E-state index contributed by atoms with van der Waals surface area (Å²) in [5.74, 6) is 0.841. The number of fused-ring (bicyclic) bond motifs is 3. The first kappa shape index (κ1) is 17.6. The molecule has 5 rings (SSSR count). The third-order valence-electron chi connectivity index (χ3n) is 5.17. The van der Waals surface area contributed by atoms with Crippen LogP contribution in [0.4, 0.5) is 0 Å². The summed E-state index contributed by atoms with van der Waals surface area (Å²) in [7, 11) is 0. The molecule has 0 radical (unpaired) electrons. The minimum absolute atomic E-state index is 0.0134. The molecule has 2 atom stereocenters. The Morgan fingerprint density at radius 1 is 0.893 bits per heavy atom. The maximum atomic E-state index is 6.36. The van der Waals surface area contributed by atoms with E-state index in [1.54, 1.807) is 0 Å². The summed E-state index contributed by atoms with van der Waals surface area (Å²) >= 11 is 12.4. The molecule has 3 aromatic rings. The summed E-state index contributed by atoms with van der Waals surface area (Å²) in [4.78, 5) is 0. The Hall–Kier alpha value is -2.46. The molecule has 1 N–H and O–H groups in total. The first-order valence-corrected chi connectivity index (χ1v) is 9.89. The van der Waals surface area contributed by atoms with Gasteiger partial charge in [-0.25, -0.2) is 0 Å². The molecule has 0 amide bonds. The fourth-order valence-corrected chi connectivity index (χ4v) is 4.02. The molecule has 0 fully saturated rings. The molecular formula is C23H18Cl2N2O. The van der Waals surface area contributed by atoms with Crippen LogP contribution < -0.4 is 10.2 Å². The number of halogens is 2. The molecule has 28 heavy (non-hydrogen) atoms. The Morgan fingerprint density at radius 2 is 1.61 bits per heavy atom. The minimum atomic E-state index is -0.282. The highest BCUT2D eigenvalue weighted by Gasteiger charge is 2.40. The number of hydrogen-bond donors (Lipinski definition) is 1. The molecule has 3 aromatic carbocycles. The third kappa shape index (κ3) is 3.06. The zero-order chi connectivity index (χ0) is 19.3. The Balaban J connectivity index is 1.59. The van der Waals surface area contributed by atoms with E-state index in [0.717, 1.165) is 28.1 Å². The minimum Gasteiger partial charge on any atom is -0.469 e. The number of ether oxygens (including phenoxy) is 1. The van der Waals surface area contributed by atoms with Crippen LogP contribution >= 0.6 is 23.2 Å². The van der Waals surface area contributed by atoms with E-state index in [0.29, 0.717) is 10.0 Å². The second kappa shape index (κ2) is 6.85. The normalized spacial score (nSPS) is 20.6. The average Bonchev–Trinajstić information content (AvgIpc) is 3.14. The molecule has 0 bridgehead atoms. The standard InChI is InChI=1S/C23H18Cl2N2O/c1-14-2-4-15(5-3-14)20-13-21-19-12-18(25)10-11-22(19)28-23(27(21)26-20)16-6-8-17(24)9-7-16/h2-13,21,23,26H,1H3/t21-,23-/m0/s1. The van der Waals surface area contributed by atoms with Gasteiger partial charge in [0, 0.05) is 21.2 Å². The van der Waals surface area contributed by atoms with E-state index in [2.05, 4.69) is 47.7 Å². The second-order valence-electron chi connectivity index (χ2n) is 7.11. The lowest BCUT2D eigenvalue weighted by Gasteiger charge is -2.39. The quantitative estimate of drug-likeness (QED) is 0.538. The highest BCUT2D eigenvalue weighted by Crippen LogP contribution is 2.46. The maximum Gasteiger partial charge on any atom is 0.195 e. The van der Waals surface area contributed by atoms with Crippen molar-refractivity contribution in [1.82, 2.24) is 10.4 Å². The van der Waals surface area contributed by atoms with Crippen molar-refractivity contribution in [3.05, 3.63) is 105 Å². The van der Waals surface area contributed by atoms with Gasteiger partial charge in [-0.05, 0) is 48.9 Å². The van der Waals surface area contributed by atoms with Crippen LogP contribution in [0.3, 0.4) is 0 Å². The van der Waals surface area contributed by atoms with Crippen molar-refractivity contribution in [2.45, 2.75) is 19.2 Å². The van der Waals surface area contributed by atoms with Gasteiger partial charge in [-0.2, -0.15) is 5.01 Å². The zero-order valence-electron chi connectivity index (χ0n) is 15.2. The molecule has 5 heteroatoms. The van der Waals surface area contributed by atoms with Gasteiger partial charge in [0.2, 0.25) is 0 Å². The van der Waals surface area contributed by atoms with E-state index >= 15 is 0 Å². The number of nitrogens with zero attached hydrogens (tertiary/aromatic N) is 1. The SMILES string of the molecule is Cc1ccc(C2=C[C@H]3c4cc(Cl)ccc4O[C@@H](c4ccc(Cl)cc4)N3N2)cc1. The number of aryl methyl sites for hydroxylation is 1. The van der Waals surface area contributed by atoms with Gasteiger partial charge >= 0.3 is 0 Å². The molecule has 0 saturated heterocycles. The van der Waals surface area contributed by atoms with Crippen molar-refractivity contribution in [3.8, 4) is 5.75 Å². The number of nitrogens with one attached hydrogen (secondary N) is 1. The molecule has 0 saturated carbocycles. The van der Waals surface area contributed by atoms with Gasteiger partial charge in [0.15, 0.2) is 6.23 Å². The number of hydrazine groups is 1. The van der Waals surface area contributed by atoms with Gasteiger partial charge in [0.05, 0.1) is 11.7 Å². The smallest absolute Gasteiger partial charge is 0.195 e. The second-order valence-corrected chi connectivity index (χ2v) is 7.99. The lowest BCUT2D eigenvalue weighted by Crippen LogP contribution is -2.43. The summed E-state index contributed by atoms with van der Waals surface area (Å²) in [5.41, 5.74) is 9.05. The van der Waals surface area contributed by atoms with Gasteiger partial charge in [0.25, 0.3) is 0 Å². The Morgan fingerprint density at radius 3 is 2.36 bits per heavy atom. The first-order chi connectivity index (χ1) is 13.6. The van der Waals surface area contributed by atoms with E-state index in [9.17, 15) is 0 Å². The van der Waals surface area contributed by atoms with Crippen LogP contribution in [0.25, 0.3) is 5.70 Å². The van der Waals surface area contributed by atoms with E-state index in [1.807, 2.05) is 42.5 Å². The van der Waals surface area contributed by atoms with E-state index in [4.69, 9.17) is 27.9 Å². The van der Waals surface area contributed by atoms with Crippen LogP contribution in [0.15, 0.2) is 72.8 Å². The summed E-state index contributed by atoms with van der Waals surface area (Å²) < 4.78 is 6.36. The van der Waals surface area contributed by atoms with Gasteiger partial charge in [-0.1, -0.05) is 65.2 Å². The molecule has 2 heterocycles. The van der Waals surface area contributed by atoms with Crippen molar-refractivity contribution in [3.63, 3.8) is 0 Å². The lowest BCUT2D eigenvalue weighted by molar-refractivity contribution is -0.0326. The van der Waals surface area contributed by atoms with Crippen molar-refractivity contribution in [1.29, 1.82) is 0 Å². The van der Waals surface area contributed by atoms with E-state index in [1.165, 1.54) is 5.56 Å². The molecule has 2 aliphatic heterocycles. The van der Waals surface area contributed by atoms with Crippen LogP contribution in [0.2, 0.25) is 10.0 Å². The summed E-state index contributed by atoms with van der Waals surface area (Å²) in [6.07, 6.45) is 1.95. The zero-order valence-corrected chi connectivity index (χ0v) is 16.7. The molecule has 0 unspecified atom stereocenters. The predicted octanol–water partition coefficient (Wildman–Crippen LogP) is 6.30. The molecule has 140 valence electrons. The topological polar surface area (TPSA) is 24.5 Å². The van der Waals surface area contributed by atoms with E-state index < -0.39 is 0 Å². The van der Waals surface area contributed by atoms with Crippen LogP contribution in [0.1, 0.15) is 34.5 Å². The highest BCUT2D eigenvalue weighted by atomic mass is 35.5. The Kier molecular flexibility index (Phi) is 4.31. The monoisotopic (exact) mass is 408 g/mol. The van der Waals surface area contributed by atoms with Crippen LogP contribution in [0, 0.1) is 6.92 Å². The number of hydrogen-bond acceptors (Lipinski definition) is 3. The molecule has 2 aliphatic rings. The number of rotatable bonds is 2. The van der Waals surface area contributed by atoms with Crippen molar-refractivity contribution in [2.24, 2.45) is 0 Å². The van der Waals surface area contributed by atoms with Crippen LogP contribution in [-0.4, -0.2) is 5.01 Å². The Labute approximate surface area is 174 Å². The number of benzene rings is 3. The largest absolute Gasteiger partial charge is 0.469 e. The first-order valence-electron chi connectivity index (χ1n) is 9.14. The summed E-state index contributed by atoms with van der Waals surface area (Å²) in [6.45, 7) is 2.09. The molecular weight excluding hydrogens is 391 g/mol. The van der Waals surface area contributed by atoms with E-state index in [-0.39, 0.29) is 12.3 Å². The van der Waals surface area contributed by atoms with Crippen LogP contribution in [-0.2, 0) is 0 Å². The summed E-state index contributed by atoms with van der Waals surface area (Å²) in [5, 5.41) is 3.53. The predicted molar refractivity (Wildman–Crippen MR) is 113 cm³/mol. The lowest BCUT2D eigenvalue weighted by atomic mass is 10.0. The van der Waals surface area contributed by atoms with Gasteiger partial charge < -0.3 is 10.2 Å². The van der Waals surface area contributed by atoms with Crippen molar-refractivity contribution in [2.75, 3.05) is 0 Å². The van der Waals surface area contributed by atoms with Crippen molar-refractivity contribution < 1.29 is 4.74 Å². The molecule has 0 aromatic heterocycles. The molecule has 3 nitrogen and oxygen atoms in total. The van der Waals surface area contributed by atoms with Gasteiger partial charge in [-0.3, -0.25) is 0 Å². The van der Waals surface area contributed by atoms with Gasteiger partial charge in [0.1, 0.15) is 5.75 Å². The Bertz CT molecular complexity index is 1060. The molecule has 0 spiro atoms. The average molecular weight is 409 g/mol. The summed E-state index contributed by atoms with van der Waals surface area (Å²) in [6, 6.07) is 22.1. The van der Waals surface area contributed by atoms with Crippen molar-refractivity contribution >= 4 is 28.9 Å². The fraction of sp³-hybridized carbons (Fsp3) is 0.130.